The number of alkyl halides is 3. The van der Waals surface area contributed by atoms with Crippen molar-refractivity contribution in [2.75, 3.05) is 0 Å². The first kappa shape index (κ1) is 14.3. The summed E-state index contributed by atoms with van der Waals surface area (Å²) in [7, 11) is 0. The maximum atomic E-state index is 12.6. The third-order valence-corrected chi connectivity index (χ3v) is 2.67. The minimum atomic E-state index is -4.50. The summed E-state index contributed by atoms with van der Waals surface area (Å²) in [4.78, 5) is 3.50. The molecule has 0 aliphatic carbocycles. The van der Waals surface area contributed by atoms with Gasteiger partial charge in [-0.05, 0) is 11.6 Å². The Kier molecular flexibility index (Phi) is 4.24. The third-order valence-electron chi connectivity index (χ3n) is 2.67. The van der Waals surface area contributed by atoms with Gasteiger partial charge in [0, 0.05) is 12.1 Å². The molecule has 0 bridgehead atoms. The van der Waals surface area contributed by atoms with Gasteiger partial charge in [0.2, 0.25) is 5.88 Å². The van der Waals surface area contributed by atoms with Crippen LogP contribution >= 0.6 is 0 Å². The van der Waals surface area contributed by atoms with Crippen LogP contribution < -0.4 is 10.5 Å². The Hall–Kier alpha value is -2.08. The maximum absolute atomic E-state index is 12.6. The highest BCUT2D eigenvalue weighted by molar-refractivity contribution is 5.29. The molecule has 0 amide bonds. The largest absolute Gasteiger partial charge is 0.473 e. The van der Waals surface area contributed by atoms with Crippen LogP contribution in [-0.4, -0.2) is 4.98 Å². The Morgan fingerprint density at radius 3 is 2.35 bits per heavy atom. The van der Waals surface area contributed by atoms with Gasteiger partial charge >= 0.3 is 6.18 Å². The van der Waals surface area contributed by atoms with Crippen LogP contribution in [-0.2, 0) is 19.3 Å². The van der Waals surface area contributed by atoms with Crippen LogP contribution in [0.4, 0.5) is 13.2 Å². The van der Waals surface area contributed by atoms with Crippen molar-refractivity contribution >= 4 is 0 Å². The lowest BCUT2D eigenvalue weighted by molar-refractivity contribution is -0.141. The first-order valence-electron chi connectivity index (χ1n) is 5.94. The standard InChI is InChI=1S/C14H13F3N2O/c15-14(16,17)12-7-6-11(8-18)13(19-12)20-9-10-4-2-1-3-5-10/h1-7H,8-9,18H2. The van der Waals surface area contributed by atoms with Crippen LogP contribution in [0.2, 0.25) is 0 Å². The molecule has 2 rings (SSSR count). The lowest BCUT2D eigenvalue weighted by Gasteiger charge is -2.12. The van der Waals surface area contributed by atoms with Crippen molar-refractivity contribution in [3.05, 3.63) is 59.3 Å². The Bertz CT molecular complexity index is 570. The van der Waals surface area contributed by atoms with E-state index in [1.807, 2.05) is 30.3 Å². The van der Waals surface area contributed by atoms with E-state index < -0.39 is 11.9 Å². The lowest BCUT2D eigenvalue weighted by atomic mass is 10.2. The summed E-state index contributed by atoms with van der Waals surface area (Å²) in [5.41, 5.74) is 5.77. The molecule has 20 heavy (non-hydrogen) atoms. The van der Waals surface area contributed by atoms with E-state index in [0.29, 0.717) is 5.56 Å². The van der Waals surface area contributed by atoms with Gasteiger partial charge in [-0.1, -0.05) is 36.4 Å². The van der Waals surface area contributed by atoms with Gasteiger partial charge < -0.3 is 10.5 Å². The summed E-state index contributed by atoms with van der Waals surface area (Å²) in [5, 5.41) is 0. The molecule has 0 radical (unpaired) electrons. The van der Waals surface area contributed by atoms with Crippen LogP contribution in [0.3, 0.4) is 0 Å². The van der Waals surface area contributed by atoms with Gasteiger partial charge in [0.25, 0.3) is 0 Å². The van der Waals surface area contributed by atoms with E-state index in [4.69, 9.17) is 10.5 Å². The van der Waals surface area contributed by atoms with E-state index in [0.717, 1.165) is 11.6 Å². The maximum Gasteiger partial charge on any atom is 0.433 e. The average Bonchev–Trinajstić information content (AvgIpc) is 2.45. The van der Waals surface area contributed by atoms with E-state index in [-0.39, 0.29) is 19.0 Å². The predicted molar refractivity (Wildman–Crippen MR) is 67.9 cm³/mol. The number of ether oxygens (including phenoxy) is 1. The number of nitrogens with zero attached hydrogens (tertiary/aromatic N) is 1. The van der Waals surface area contributed by atoms with Crippen LogP contribution in [0.5, 0.6) is 5.88 Å². The summed E-state index contributed by atoms with van der Waals surface area (Å²) in [6, 6.07) is 11.3. The van der Waals surface area contributed by atoms with E-state index in [2.05, 4.69) is 4.98 Å². The molecule has 0 saturated carbocycles. The summed E-state index contributed by atoms with van der Waals surface area (Å²) in [6.07, 6.45) is -4.50. The molecule has 1 aromatic carbocycles. The number of halogens is 3. The topological polar surface area (TPSA) is 48.1 Å². The van der Waals surface area contributed by atoms with Crippen LogP contribution in [0.1, 0.15) is 16.8 Å². The molecule has 0 aliphatic rings. The van der Waals surface area contributed by atoms with E-state index in [1.165, 1.54) is 6.07 Å². The molecule has 1 heterocycles. The number of aromatic nitrogens is 1. The molecular weight excluding hydrogens is 269 g/mol. The molecule has 0 aliphatic heterocycles. The Morgan fingerprint density at radius 1 is 1.05 bits per heavy atom. The van der Waals surface area contributed by atoms with Crippen molar-refractivity contribution in [3.63, 3.8) is 0 Å². The Labute approximate surface area is 114 Å². The fourth-order valence-corrected chi connectivity index (χ4v) is 1.63. The van der Waals surface area contributed by atoms with Gasteiger partial charge in [-0.3, -0.25) is 0 Å². The minimum Gasteiger partial charge on any atom is -0.473 e. The normalized spacial score (nSPS) is 11.4. The Balaban J connectivity index is 2.21. The molecule has 6 heteroatoms. The van der Waals surface area contributed by atoms with Crippen molar-refractivity contribution in [1.29, 1.82) is 0 Å². The van der Waals surface area contributed by atoms with Crippen LogP contribution in [0.15, 0.2) is 42.5 Å². The fraction of sp³-hybridized carbons (Fsp3) is 0.214. The van der Waals surface area contributed by atoms with Crippen LogP contribution in [0.25, 0.3) is 0 Å². The average molecular weight is 282 g/mol. The SMILES string of the molecule is NCc1ccc(C(F)(F)F)nc1OCc1ccccc1. The fourth-order valence-electron chi connectivity index (χ4n) is 1.63. The number of rotatable bonds is 4. The zero-order valence-corrected chi connectivity index (χ0v) is 10.5. The first-order chi connectivity index (χ1) is 9.50. The smallest absolute Gasteiger partial charge is 0.433 e. The third kappa shape index (κ3) is 3.48. The highest BCUT2D eigenvalue weighted by Crippen LogP contribution is 2.30. The number of hydrogen-bond acceptors (Lipinski definition) is 3. The van der Waals surface area contributed by atoms with Gasteiger partial charge in [0.1, 0.15) is 12.3 Å². The quantitative estimate of drug-likeness (QED) is 0.937. The van der Waals surface area contributed by atoms with E-state index in [9.17, 15) is 13.2 Å². The molecule has 0 saturated heterocycles. The molecule has 106 valence electrons. The molecular formula is C14H13F3N2O. The molecule has 0 unspecified atom stereocenters. The minimum absolute atomic E-state index is 0.0647. The van der Waals surface area contributed by atoms with Gasteiger partial charge in [-0.15, -0.1) is 0 Å². The number of benzene rings is 1. The first-order valence-corrected chi connectivity index (χ1v) is 5.94. The summed E-state index contributed by atoms with van der Waals surface area (Å²) >= 11 is 0. The van der Waals surface area contributed by atoms with Gasteiger partial charge in [0.15, 0.2) is 0 Å². The molecule has 0 spiro atoms. The summed E-state index contributed by atoms with van der Waals surface area (Å²) in [6.45, 7) is 0.206. The van der Waals surface area contributed by atoms with Crippen molar-refractivity contribution in [3.8, 4) is 5.88 Å². The monoisotopic (exact) mass is 282 g/mol. The van der Waals surface area contributed by atoms with E-state index in [1.54, 1.807) is 0 Å². The second-order valence-electron chi connectivity index (χ2n) is 4.14. The van der Waals surface area contributed by atoms with Gasteiger partial charge in [0.05, 0.1) is 0 Å². The van der Waals surface area contributed by atoms with Crippen molar-refractivity contribution in [2.45, 2.75) is 19.3 Å². The second kappa shape index (κ2) is 5.92. The summed E-state index contributed by atoms with van der Waals surface area (Å²) < 4.78 is 43.2. The molecule has 2 N–H and O–H groups in total. The highest BCUT2D eigenvalue weighted by atomic mass is 19.4. The van der Waals surface area contributed by atoms with E-state index >= 15 is 0 Å². The van der Waals surface area contributed by atoms with Crippen molar-refractivity contribution in [1.82, 2.24) is 4.98 Å². The van der Waals surface area contributed by atoms with Crippen LogP contribution in [0, 0.1) is 0 Å². The lowest BCUT2D eigenvalue weighted by Crippen LogP contribution is -2.12. The highest BCUT2D eigenvalue weighted by Gasteiger charge is 2.33. The molecule has 3 nitrogen and oxygen atoms in total. The molecule has 2 aromatic rings. The Morgan fingerprint density at radius 2 is 1.75 bits per heavy atom. The number of hydrogen-bond donors (Lipinski definition) is 1. The van der Waals surface area contributed by atoms with Gasteiger partial charge in [-0.25, -0.2) is 4.98 Å². The second-order valence-corrected chi connectivity index (χ2v) is 4.14. The van der Waals surface area contributed by atoms with Crippen molar-refractivity contribution in [2.24, 2.45) is 5.73 Å². The molecule has 1 aromatic heterocycles. The number of pyridine rings is 1. The summed E-state index contributed by atoms with van der Waals surface area (Å²) in [5.74, 6) is -0.0776. The zero-order valence-electron chi connectivity index (χ0n) is 10.5. The number of nitrogens with two attached hydrogens (primary N) is 1. The molecule has 0 atom stereocenters. The van der Waals surface area contributed by atoms with Crippen molar-refractivity contribution < 1.29 is 17.9 Å². The molecule has 0 fully saturated rings. The predicted octanol–water partition coefficient (Wildman–Crippen LogP) is 3.14. The zero-order chi connectivity index (χ0) is 14.6. The van der Waals surface area contributed by atoms with Gasteiger partial charge in [-0.2, -0.15) is 13.2 Å².